The van der Waals surface area contributed by atoms with E-state index in [0.29, 0.717) is 11.8 Å². The Bertz CT molecular complexity index is 659. The van der Waals surface area contributed by atoms with Gasteiger partial charge in [0.15, 0.2) is 0 Å². The molecule has 2 aliphatic carbocycles. The quantitative estimate of drug-likeness (QED) is 0.293. The van der Waals surface area contributed by atoms with Gasteiger partial charge in [0.2, 0.25) is 5.91 Å². The zero-order chi connectivity index (χ0) is 20.3. The van der Waals surface area contributed by atoms with Gasteiger partial charge in [0, 0.05) is 13.1 Å². The molecule has 1 amide bonds. The second-order valence-corrected chi connectivity index (χ2v) is 8.96. The highest BCUT2D eigenvalue weighted by Gasteiger charge is 2.36. The van der Waals surface area contributed by atoms with Crippen molar-refractivity contribution in [1.82, 2.24) is 10.3 Å². The Balaban J connectivity index is 1.67. The van der Waals surface area contributed by atoms with Crippen molar-refractivity contribution in [3.8, 4) is 0 Å². The summed E-state index contributed by atoms with van der Waals surface area (Å²) < 4.78 is 0. The van der Waals surface area contributed by atoms with Crippen LogP contribution in [0.4, 0.5) is 0 Å². The van der Waals surface area contributed by atoms with Crippen LogP contribution in [0.5, 0.6) is 0 Å². The SMILES string of the molecule is CCC1CC(C)C(C(=O)NN)C=C1C(O)N1CCC(C2=CC=C(C)CC2)CC1. The number of nitrogens with one attached hydrogen (secondary N) is 1. The molecule has 3 aliphatic rings. The summed E-state index contributed by atoms with van der Waals surface area (Å²) in [7, 11) is 0. The Morgan fingerprint density at radius 1 is 1.32 bits per heavy atom. The molecule has 0 aromatic carbocycles. The minimum Gasteiger partial charge on any atom is -0.374 e. The highest BCUT2D eigenvalue weighted by molar-refractivity contribution is 5.80. The van der Waals surface area contributed by atoms with E-state index in [1.165, 1.54) is 18.4 Å². The van der Waals surface area contributed by atoms with Crippen molar-refractivity contribution in [1.29, 1.82) is 0 Å². The van der Waals surface area contributed by atoms with Crippen molar-refractivity contribution >= 4 is 5.91 Å². The molecular weight excluding hydrogens is 350 g/mol. The number of likely N-dealkylation sites (tertiary alicyclic amines) is 1. The molecule has 0 bridgehead atoms. The molecule has 0 aromatic heterocycles. The molecule has 1 fully saturated rings. The fraction of sp³-hybridized carbons (Fsp3) is 0.696. The molecule has 0 spiro atoms. The lowest BCUT2D eigenvalue weighted by atomic mass is 9.73. The Hall–Kier alpha value is -1.43. The molecule has 4 N–H and O–H groups in total. The van der Waals surface area contributed by atoms with Gasteiger partial charge in [-0.15, -0.1) is 0 Å². The molecule has 156 valence electrons. The first-order valence-corrected chi connectivity index (χ1v) is 10.9. The normalized spacial score (nSPS) is 30.9. The van der Waals surface area contributed by atoms with Crippen molar-refractivity contribution in [2.24, 2.45) is 29.5 Å². The molecule has 0 aromatic rings. The van der Waals surface area contributed by atoms with E-state index in [1.807, 2.05) is 6.08 Å². The van der Waals surface area contributed by atoms with Gasteiger partial charge in [-0.1, -0.05) is 43.2 Å². The third kappa shape index (κ3) is 4.58. The molecule has 1 heterocycles. The first-order valence-electron chi connectivity index (χ1n) is 10.9. The van der Waals surface area contributed by atoms with Gasteiger partial charge in [-0.25, -0.2) is 5.84 Å². The topological polar surface area (TPSA) is 78.6 Å². The van der Waals surface area contributed by atoms with Crippen LogP contribution >= 0.6 is 0 Å². The van der Waals surface area contributed by atoms with E-state index in [-0.39, 0.29) is 17.7 Å². The molecule has 5 heteroatoms. The van der Waals surface area contributed by atoms with Crippen LogP contribution in [-0.2, 0) is 4.79 Å². The first-order chi connectivity index (χ1) is 13.4. The molecule has 1 saturated heterocycles. The molecule has 0 saturated carbocycles. The summed E-state index contributed by atoms with van der Waals surface area (Å²) in [6, 6.07) is 0. The van der Waals surface area contributed by atoms with E-state index < -0.39 is 6.23 Å². The van der Waals surface area contributed by atoms with Crippen LogP contribution in [0.1, 0.15) is 59.3 Å². The van der Waals surface area contributed by atoms with Crippen molar-refractivity contribution < 1.29 is 9.90 Å². The number of aliphatic hydroxyl groups excluding tert-OH is 1. The van der Waals surface area contributed by atoms with Crippen molar-refractivity contribution in [2.75, 3.05) is 13.1 Å². The monoisotopic (exact) mass is 387 g/mol. The van der Waals surface area contributed by atoms with E-state index >= 15 is 0 Å². The van der Waals surface area contributed by atoms with E-state index in [9.17, 15) is 9.90 Å². The van der Waals surface area contributed by atoms with Crippen LogP contribution in [0.15, 0.2) is 34.9 Å². The summed E-state index contributed by atoms with van der Waals surface area (Å²) in [6.45, 7) is 8.28. The van der Waals surface area contributed by atoms with Gasteiger partial charge in [-0.2, -0.15) is 0 Å². The van der Waals surface area contributed by atoms with E-state index in [2.05, 4.69) is 43.2 Å². The average molecular weight is 388 g/mol. The molecule has 1 aliphatic heterocycles. The lowest BCUT2D eigenvalue weighted by Crippen LogP contribution is -2.46. The van der Waals surface area contributed by atoms with Gasteiger partial charge >= 0.3 is 0 Å². The molecule has 5 nitrogen and oxygen atoms in total. The fourth-order valence-electron chi connectivity index (χ4n) is 5.19. The predicted molar refractivity (Wildman–Crippen MR) is 113 cm³/mol. The van der Waals surface area contributed by atoms with Crippen LogP contribution in [0.25, 0.3) is 0 Å². The maximum Gasteiger partial charge on any atom is 0.241 e. The number of carbonyl (C=O) groups excluding carboxylic acids is 1. The zero-order valence-corrected chi connectivity index (χ0v) is 17.7. The maximum absolute atomic E-state index is 12.2. The van der Waals surface area contributed by atoms with Crippen molar-refractivity contribution in [3.63, 3.8) is 0 Å². The fourth-order valence-corrected chi connectivity index (χ4v) is 5.19. The number of hydrogen-bond donors (Lipinski definition) is 3. The van der Waals surface area contributed by atoms with Crippen LogP contribution in [0.2, 0.25) is 0 Å². The van der Waals surface area contributed by atoms with E-state index in [0.717, 1.165) is 44.3 Å². The standard InChI is InChI=1S/C23H37N3O2/c1-4-17-13-16(3)20(22(27)25-24)14-21(17)23(28)26-11-9-19(10-12-26)18-7-5-15(2)6-8-18/h5,7,14,16-17,19-20,23,28H,4,6,8-13,24H2,1-3H3,(H,25,27). The summed E-state index contributed by atoms with van der Waals surface area (Å²) in [4.78, 5) is 14.4. The zero-order valence-electron chi connectivity index (χ0n) is 17.7. The second-order valence-electron chi connectivity index (χ2n) is 8.96. The Kier molecular flexibility index (Phi) is 7.13. The number of rotatable bonds is 5. The van der Waals surface area contributed by atoms with Crippen LogP contribution in [0.3, 0.4) is 0 Å². The second kappa shape index (κ2) is 9.38. The summed E-state index contributed by atoms with van der Waals surface area (Å²) in [5.74, 6) is 6.19. The lowest BCUT2D eigenvalue weighted by Gasteiger charge is -2.41. The molecule has 4 atom stereocenters. The summed E-state index contributed by atoms with van der Waals surface area (Å²) >= 11 is 0. The van der Waals surface area contributed by atoms with Crippen molar-refractivity contribution in [3.05, 3.63) is 34.9 Å². The van der Waals surface area contributed by atoms with Gasteiger partial charge < -0.3 is 5.11 Å². The first kappa shape index (κ1) is 21.3. The van der Waals surface area contributed by atoms with Crippen LogP contribution < -0.4 is 11.3 Å². The number of carbonyl (C=O) groups is 1. The Morgan fingerprint density at radius 3 is 2.61 bits per heavy atom. The summed E-state index contributed by atoms with van der Waals surface area (Å²) in [5.41, 5.74) is 6.36. The van der Waals surface area contributed by atoms with Gasteiger partial charge in [0.1, 0.15) is 6.23 Å². The van der Waals surface area contributed by atoms with Crippen LogP contribution in [-0.4, -0.2) is 35.2 Å². The van der Waals surface area contributed by atoms with Gasteiger partial charge in [-0.05, 0) is 68.8 Å². The molecule has 0 radical (unpaired) electrons. The number of nitrogens with two attached hydrogens (primary N) is 1. The Morgan fingerprint density at radius 2 is 2.04 bits per heavy atom. The minimum absolute atomic E-state index is 0.155. The number of aliphatic hydroxyl groups is 1. The van der Waals surface area contributed by atoms with Crippen LogP contribution in [0, 0.1) is 23.7 Å². The smallest absolute Gasteiger partial charge is 0.241 e. The lowest BCUT2D eigenvalue weighted by molar-refractivity contribution is -0.125. The number of nitrogens with zero attached hydrogens (tertiary/aromatic N) is 1. The summed E-state index contributed by atoms with van der Waals surface area (Å²) in [6.07, 6.45) is 12.5. The van der Waals surface area contributed by atoms with Crippen molar-refractivity contribution in [2.45, 2.75) is 65.5 Å². The highest BCUT2D eigenvalue weighted by Crippen LogP contribution is 2.39. The Labute approximate surface area is 169 Å². The van der Waals surface area contributed by atoms with Gasteiger partial charge in [0.25, 0.3) is 0 Å². The molecule has 28 heavy (non-hydrogen) atoms. The number of hydrogen-bond acceptors (Lipinski definition) is 4. The maximum atomic E-state index is 12.2. The van der Waals surface area contributed by atoms with Gasteiger partial charge in [0.05, 0.1) is 5.92 Å². The predicted octanol–water partition coefficient (Wildman–Crippen LogP) is 3.28. The number of amides is 1. The molecule has 3 rings (SSSR count). The third-order valence-electron chi connectivity index (χ3n) is 7.14. The number of hydrazine groups is 1. The highest BCUT2D eigenvalue weighted by atomic mass is 16.3. The van der Waals surface area contributed by atoms with E-state index in [1.54, 1.807) is 5.57 Å². The van der Waals surface area contributed by atoms with Gasteiger partial charge in [-0.3, -0.25) is 15.1 Å². The minimum atomic E-state index is -0.589. The third-order valence-corrected chi connectivity index (χ3v) is 7.14. The molecular formula is C23H37N3O2. The number of allylic oxidation sites excluding steroid dienone is 4. The average Bonchev–Trinajstić information content (AvgIpc) is 2.73. The largest absolute Gasteiger partial charge is 0.374 e. The molecule has 4 unspecified atom stereocenters. The number of piperidine rings is 1. The summed E-state index contributed by atoms with van der Waals surface area (Å²) in [5, 5.41) is 11.2. The van der Waals surface area contributed by atoms with E-state index in [4.69, 9.17) is 5.84 Å².